The molecule has 0 bridgehead atoms. The highest BCUT2D eigenvalue weighted by atomic mass is 79.9. The lowest BCUT2D eigenvalue weighted by Crippen LogP contribution is -2.02. The van der Waals surface area contributed by atoms with Crippen molar-refractivity contribution >= 4 is 27.5 Å². The number of benzene rings is 2. The van der Waals surface area contributed by atoms with E-state index in [0.29, 0.717) is 21.8 Å². The summed E-state index contributed by atoms with van der Waals surface area (Å²) in [6.45, 7) is 0.553. The second kappa shape index (κ2) is 6.37. The molecule has 2 aromatic carbocycles. The second-order valence-corrected chi connectivity index (χ2v) is 5.30. The highest BCUT2D eigenvalue weighted by molar-refractivity contribution is 9.10. The molecule has 0 aliphatic rings. The molecular formula is C14H12BrClFNO. The van der Waals surface area contributed by atoms with Crippen molar-refractivity contribution in [3.05, 3.63) is 57.3 Å². The standard InChI is InChI=1S/C14H12BrClFNO/c15-10-2-4-14(12(17)8-10)19-13-3-1-9(5-6-18)7-11(13)16/h1-4,7-8H,5-6,18H2. The van der Waals surface area contributed by atoms with Crippen molar-refractivity contribution < 1.29 is 9.13 Å². The van der Waals surface area contributed by atoms with Crippen LogP contribution in [0.5, 0.6) is 11.5 Å². The van der Waals surface area contributed by atoms with Crippen molar-refractivity contribution in [2.45, 2.75) is 6.42 Å². The van der Waals surface area contributed by atoms with Crippen LogP contribution in [0.4, 0.5) is 4.39 Å². The van der Waals surface area contributed by atoms with Gasteiger partial charge in [0.05, 0.1) is 5.02 Å². The van der Waals surface area contributed by atoms with E-state index in [1.165, 1.54) is 6.07 Å². The SMILES string of the molecule is NCCc1ccc(Oc2ccc(Br)cc2F)c(Cl)c1. The highest BCUT2D eigenvalue weighted by Crippen LogP contribution is 2.32. The van der Waals surface area contributed by atoms with Crippen molar-refractivity contribution in [1.82, 2.24) is 0 Å². The van der Waals surface area contributed by atoms with Crippen molar-refractivity contribution in [3.63, 3.8) is 0 Å². The van der Waals surface area contributed by atoms with Gasteiger partial charge in [0.25, 0.3) is 0 Å². The van der Waals surface area contributed by atoms with E-state index in [2.05, 4.69) is 15.9 Å². The predicted octanol–water partition coefficient (Wildman–Crippen LogP) is 4.54. The van der Waals surface area contributed by atoms with E-state index < -0.39 is 5.82 Å². The zero-order chi connectivity index (χ0) is 13.8. The maximum Gasteiger partial charge on any atom is 0.166 e. The monoisotopic (exact) mass is 343 g/mol. The molecule has 0 saturated heterocycles. The highest BCUT2D eigenvalue weighted by Gasteiger charge is 2.08. The van der Waals surface area contributed by atoms with E-state index >= 15 is 0 Å². The number of rotatable bonds is 4. The van der Waals surface area contributed by atoms with Crippen LogP contribution in [0.1, 0.15) is 5.56 Å². The van der Waals surface area contributed by atoms with Crippen LogP contribution in [0.2, 0.25) is 5.02 Å². The Kier molecular flexibility index (Phi) is 4.80. The summed E-state index contributed by atoms with van der Waals surface area (Å²) in [6.07, 6.45) is 0.743. The van der Waals surface area contributed by atoms with E-state index in [0.717, 1.165) is 12.0 Å². The molecule has 0 radical (unpaired) electrons. The first-order chi connectivity index (χ1) is 9.10. The van der Waals surface area contributed by atoms with Crippen molar-refractivity contribution in [3.8, 4) is 11.5 Å². The van der Waals surface area contributed by atoms with Gasteiger partial charge in [-0.15, -0.1) is 0 Å². The van der Waals surface area contributed by atoms with E-state index in [-0.39, 0.29) is 5.75 Å². The summed E-state index contributed by atoms with van der Waals surface area (Å²) in [6, 6.07) is 9.95. The van der Waals surface area contributed by atoms with Gasteiger partial charge in [-0.3, -0.25) is 0 Å². The summed E-state index contributed by atoms with van der Waals surface area (Å²) < 4.78 is 19.8. The van der Waals surface area contributed by atoms with Crippen LogP contribution in [0.15, 0.2) is 40.9 Å². The molecular weight excluding hydrogens is 333 g/mol. The molecule has 5 heteroatoms. The van der Waals surface area contributed by atoms with Crippen LogP contribution in [0, 0.1) is 5.82 Å². The molecule has 2 aromatic rings. The number of nitrogens with two attached hydrogens (primary N) is 1. The molecule has 0 saturated carbocycles. The molecule has 0 aromatic heterocycles. The quantitative estimate of drug-likeness (QED) is 0.884. The number of halogens is 3. The van der Waals surface area contributed by atoms with Crippen LogP contribution >= 0.6 is 27.5 Å². The Morgan fingerprint density at radius 2 is 1.89 bits per heavy atom. The van der Waals surface area contributed by atoms with E-state index in [4.69, 9.17) is 22.1 Å². The van der Waals surface area contributed by atoms with Crippen LogP contribution in [0.3, 0.4) is 0 Å². The first-order valence-corrected chi connectivity index (χ1v) is 6.88. The van der Waals surface area contributed by atoms with E-state index in [1.54, 1.807) is 24.3 Å². The Hall–Kier alpha value is -1.10. The van der Waals surface area contributed by atoms with Crippen molar-refractivity contribution in [1.29, 1.82) is 0 Å². The number of hydrogen-bond acceptors (Lipinski definition) is 2. The number of hydrogen-bond donors (Lipinski definition) is 1. The fourth-order valence-electron chi connectivity index (χ4n) is 1.63. The minimum absolute atomic E-state index is 0.136. The van der Waals surface area contributed by atoms with Gasteiger partial charge in [-0.05, 0) is 48.9 Å². The Morgan fingerprint density at radius 3 is 2.53 bits per heavy atom. The fraction of sp³-hybridized carbons (Fsp3) is 0.143. The summed E-state index contributed by atoms with van der Waals surface area (Å²) in [7, 11) is 0. The molecule has 2 nitrogen and oxygen atoms in total. The fourth-order valence-corrected chi connectivity index (χ4v) is 2.20. The maximum absolute atomic E-state index is 13.7. The Labute approximate surface area is 124 Å². The molecule has 2 N–H and O–H groups in total. The summed E-state index contributed by atoms with van der Waals surface area (Å²) in [5, 5.41) is 0.438. The molecule has 0 aliphatic carbocycles. The van der Waals surface area contributed by atoms with Gasteiger partial charge in [-0.1, -0.05) is 33.6 Å². The predicted molar refractivity (Wildman–Crippen MR) is 78.4 cm³/mol. The van der Waals surface area contributed by atoms with Gasteiger partial charge in [-0.25, -0.2) is 4.39 Å². The lowest BCUT2D eigenvalue weighted by atomic mass is 10.1. The van der Waals surface area contributed by atoms with Crippen molar-refractivity contribution in [2.75, 3.05) is 6.54 Å². The summed E-state index contributed by atoms with van der Waals surface area (Å²) in [5.74, 6) is 0.108. The Bertz CT molecular complexity index is 592. The molecule has 0 heterocycles. The third-order valence-electron chi connectivity index (χ3n) is 2.54. The minimum atomic E-state index is -0.448. The van der Waals surface area contributed by atoms with Crippen LogP contribution in [-0.2, 0) is 6.42 Å². The molecule has 0 spiro atoms. The van der Waals surface area contributed by atoms with Crippen LogP contribution < -0.4 is 10.5 Å². The van der Waals surface area contributed by atoms with Crippen molar-refractivity contribution in [2.24, 2.45) is 5.73 Å². The summed E-state index contributed by atoms with van der Waals surface area (Å²) in [4.78, 5) is 0. The average molecular weight is 345 g/mol. The smallest absolute Gasteiger partial charge is 0.166 e. The molecule has 0 atom stereocenters. The lowest BCUT2D eigenvalue weighted by molar-refractivity contribution is 0.442. The topological polar surface area (TPSA) is 35.2 Å². The largest absolute Gasteiger partial charge is 0.453 e. The molecule has 0 amide bonds. The van der Waals surface area contributed by atoms with Gasteiger partial charge in [0.15, 0.2) is 11.6 Å². The maximum atomic E-state index is 13.7. The molecule has 0 aliphatic heterocycles. The van der Waals surface area contributed by atoms with Gasteiger partial charge >= 0.3 is 0 Å². The molecule has 0 unspecified atom stereocenters. The Morgan fingerprint density at radius 1 is 1.16 bits per heavy atom. The van der Waals surface area contributed by atoms with E-state index in [1.807, 2.05) is 6.07 Å². The van der Waals surface area contributed by atoms with Gasteiger partial charge < -0.3 is 10.5 Å². The average Bonchev–Trinajstić information content (AvgIpc) is 2.36. The molecule has 19 heavy (non-hydrogen) atoms. The molecule has 2 rings (SSSR count). The first-order valence-electron chi connectivity index (χ1n) is 5.71. The molecule has 0 fully saturated rings. The van der Waals surface area contributed by atoms with Gasteiger partial charge in [0, 0.05) is 4.47 Å². The second-order valence-electron chi connectivity index (χ2n) is 3.98. The zero-order valence-corrected chi connectivity index (χ0v) is 12.3. The van der Waals surface area contributed by atoms with Crippen LogP contribution in [0.25, 0.3) is 0 Å². The number of ether oxygens (including phenoxy) is 1. The van der Waals surface area contributed by atoms with Gasteiger partial charge in [0.1, 0.15) is 5.75 Å². The van der Waals surface area contributed by atoms with Gasteiger partial charge in [-0.2, -0.15) is 0 Å². The van der Waals surface area contributed by atoms with E-state index in [9.17, 15) is 4.39 Å². The summed E-state index contributed by atoms with van der Waals surface area (Å²) in [5.41, 5.74) is 6.50. The summed E-state index contributed by atoms with van der Waals surface area (Å²) >= 11 is 9.29. The van der Waals surface area contributed by atoms with Crippen LogP contribution in [-0.4, -0.2) is 6.54 Å². The normalized spacial score (nSPS) is 10.5. The Balaban J connectivity index is 2.23. The lowest BCUT2D eigenvalue weighted by Gasteiger charge is -2.10. The third-order valence-corrected chi connectivity index (χ3v) is 3.33. The van der Waals surface area contributed by atoms with Gasteiger partial charge in [0.2, 0.25) is 0 Å². The third kappa shape index (κ3) is 3.69. The minimum Gasteiger partial charge on any atom is -0.453 e. The zero-order valence-electron chi connectivity index (χ0n) is 10.00. The molecule has 100 valence electrons. The first kappa shape index (κ1) is 14.3.